The Hall–Kier alpha value is -2.50. The highest BCUT2D eigenvalue weighted by Gasteiger charge is 2.31. The molecule has 6 nitrogen and oxygen atoms in total. The molecule has 0 saturated heterocycles. The molecule has 0 unspecified atom stereocenters. The number of fused-ring (bicyclic) bond motifs is 1. The van der Waals surface area contributed by atoms with Gasteiger partial charge in [0.1, 0.15) is 0 Å². The second-order valence-electron chi connectivity index (χ2n) is 3.39. The second-order valence-corrected chi connectivity index (χ2v) is 3.39. The molecule has 2 rings (SSSR count). The summed E-state index contributed by atoms with van der Waals surface area (Å²) in [4.78, 5) is 43.9. The van der Waals surface area contributed by atoms with Crippen LogP contribution < -0.4 is 0 Å². The maximum Gasteiger partial charge on any atom is 0.346 e. The fourth-order valence-corrected chi connectivity index (χ4v) is 1.57. The standard InChI is InChI=1S/C11H6O6/c1-5-2-7-8(11(15)17-10(7)14)3-6(5)9(13)16-4-12/h2-4H,1H3. The lowest BCUT2D eigenvalue weighted by molar-refractivity contribution is -0.123. The highest BCUT2D eigenvalue weighted by molar-refractivity contribution is 6.15. The van der Waals surface area contributed by atoms with E-state index in [4.69, 9.17) is 0 Å². The molecule has 1 aromatic rings. The van der Waals surface area contributed by atoms with E-state index in [-0.39, 0.29) is 23.2 Å². The lowest BCUT2D eigenvalue weighted by Crippen LogP contribution is -2.08. The van der Waals surface area contributed by atoms with Crippen molar-refractivity contribution in [3.05, 3.63) is 34.4 Å². The highest BCUT2D eigenvalue weighted by atomic mass is 16.6. The van der Waals surface area contributed by atoms with Crippen LogP contribution in [0.2, 0.25) is 0 Å². The molecule has 0 spiro atoms. The van der Waals surface area contributed by atoms with Gasteiger partial charge in [-0.25, -0.2) is 14.4 Å². The minimum atomic E-state index is -0.882. The maximum absolute atomic E-state index is 11.4. The molecular weight excluding hydrogens is 228 g/mol. The zero-order valence-electron chi connectivity index (χ0n) is 8.68. The Labute approximate surface area is 95.1 Å². The molecule has 0 N–H and O–H groups in total. The second kappa shape index (κ2) is 3.82. The van der Waals surface area contributed by atoms with Gasteiger partial charge in [0.05, 0.1) is 16.7 Å². The Kier molecular flexibility index (Phi) is 2.47. The van der Waals surface area contributed by atoms with Crippen molar-refractivity contribution >= 4 is 24.4 Å². The Bertz CT molecular complexity index is 557. The first-order chi connectivity index (χ1) is 8.04. The zero-order valence-corrected chi connectivity index (χ0v) is 8.68. The number of carbonyl (C=O) groups is 4. The van der Waals surface area contributed by atoms with Gasteiger partial charge in [0.15, 0.2) is 0 Å². The molecule has 6 heteroatoms. The van der Waals surface area contributed by atoms with Crippen LogP contribution in [0.25, 0.3) is 0 Å². The van der Waals surface area contributed by atoms with Gasteiger partial charge in [-0.1, -0.05) is 0 Å². The van der Waals surface area contributed by atoms with E-state index in [2.05, 4.69) is 9.47 Å². The summed E-state index contributed by atoms with van der Waals surface area (Å²) >= 11 is 0. The number of benzene rings is 1. The fraction of sp³-hybridized carbons (Fsp3) is 0.0909. The number of hydrogen-bond acceptors (Lipinski definition) is 6. The summed E-state index contributed by atoms with van der Waals surface area (Å²) in [5.74, 6) is -2.44. The van der Waals surface area contributed by atoms with Gasteiger partial charge in [0.2, 0.25) is 0 Å². The SMILES string of the molecule is Cc1cc2c(cc1C(=O)OC=O)C(=O)OC2=O. The average molecular weight is 234 g/mol. The molecule has 1 heterocycles. The quantitative estimate of drug-likeness (QED) is 0.423. The Morgan fingerprint density at radius 2 is 1.82 bits per heavy atom. The summed E-state index contributed by atoms with van der Waals surface area (Å²) in [5.41, 5.74) is 0.568. The van der Waals surface area contributed by atoms with E-state index in [9.17, 15) is 19.2 Å². The van der Waals surface area contributed by atoms with Gasteiger partial charge >= 0.3 is 24.4 Å². The van der Waals surface area contributed by atoms with Gasteiger partial charge in [-0.3, -0.25) is 4.79 Å². The van der Waals surface area contributed by atoms with Crippen LogP contribution in [0.5, 0.6) is 0 Å². The Balaban J connectivity index is 2.55. The molecule has 1 aliphatic heterocycles. The van der Waals surface area contributed by atoms with Crippen molar-refractivity contribution in [2.45, 2.75) is 6.92 Å². The van der Waals surface area contributed by atoms with Crippen molar-refractivity contribution in [2.75, 3.05) is 0 Å². The average Bonchev–Trinajstić information content (AvgIpc) is 2.53. The van der Waals surface area contributed by atoms with E-state index in [1.54, 1.807) is 6.92 Å². The van der Waals surface area contributed by atoms with Crippen LogP contribution in [0.15, 0.2) is 12.1 Å². The smallest absolute Gasteiger partial charge is 0.346 e. The summed E-state index contributed by atoms with van der Waals surface area (Å²) in [6.45, 7) is 1.55. The van der Waals surface area contributed by atoms with Crippen LogP contribution in [0.1, 0.15) is 36.6 Å². The third kappa shape index (κ3) is 1.69. The predicted octanol–water partition coefficient (Wildman–Crippen LogP) is 0.619. The number of cyclic esters (lactones) is 2. The monoisotopic (exact) mass is 234 g/mol. The van der Waals surface area contributed by atoms with Gasteiger partial charge in [0.25, 0.3) is 0 Å². The van der Waals surface area contributed by atoms with Crippen LogP contribution in [0.4, 0.5) is 0 Å². The summed E-state index contributed by atoms with van der Waals surface area (Å²) in [5, 5.41) is 0. The predicted molar refractivity (Wildman–Crippen MR) is 52.4 cm³/mol. The van der Waals surface area contributed by atoms with Crippen molar-refractivity contribution in [3.8, 4) is 0 Å². The summed E-state index contributed by atoms with van der Waals surface area (Å²) in [6, 6.07) is 2.54. The first-order valence-corrected chi connectivity index (χ1v) is 4.60. The van der Waals surface area contributed by atoms with E-state index in [0.29, 0.717) is 5.56 Å². The van der Waals surface area contributed by atoms with E-state index in [1.807, 2.05) is 0 Å². The molecule has 0 bridgehead atoms. The highest BCUT2D eigenvalue weighted by Crippen LogP contribution is 2.24. The molecule has 0 fully saturated rings. The van der Waals surface area contributed by atoms with Crippen molar-refractivity contribution in [1.82, 2.24) is 0 Å². The number of carbonyl (C=O) groups excluding carboxylic acids is 4. The molecule has 1 aliphatic rings. The Morgan fingerprint density at radius 1 is 1.24 bits per heavy atom. The van der Waals surface area contributed by atoms with Crippen molar-refractivity contribution < 1.29 is 28.7 Å². The van der Waals surface area contributed by atoms with E-state index in [0.717, 1.165) is 0 Å². The number of hydrogen-bond donors (Lipinski definition) is 0. The summed E-state index contributed by atoms with van der Waals surface area (Å²) in [7, 11) is 0. The Morgan fingerprint density at radius 3 is 2.41 bits per heavy atom. The molecule has 0 radical (unpaired) electrons. The number of aryl methyl sites for hydroxylation is 1. The lowest BCUT2D eigenvalue weighted by atomic mass is 10.0. The van der Waals surface area contributed by atoms with Crippen molar-refractivity contribution in [1.29, 1.82) is 0 Å². The zero-order chi connectivity index (χ0) is 12.6. The lowest BCUT2D eigenvalue weighted by Gasteiger charge is -2.03. The van der Waals surface area contributed by atoms with Gasteiger partial charge in [-0.2, -0.15) is 0 Å². The third-order valence-electron chi connectivity index (χ3n) is 2.36. The van der Waals surface area contributed by atoms with Gasteiger partial charge < -0.3 is 9.47 Å². The molecule has 0 saturated carbocycles. The van der Waals surface area contributed by atoms with Gasteiger partial charge in [0, 0.05) is 0 Å². The van der Waals surface area contributed by atoms with Crippen LogP contribution in [-0.4, -0.2) is 24.4 Å². The van der Waals surface area contributed by atoms with Crippen LogP contribution >= 0.6 is 0 Å². The van der Waals surface area contributed by atoms with E-state index in [1.165, 1.54) is 12.1 Å². The topological polar surface area (TPSA) is 86.7 Å². The van der Waals surface area contributed by atoms with Gasteiger partial charge in [-0.15, -0.1) is 0 Å². The van der Waals surface area contributed by atoms with Crippen LogP contribution in [0, 0.1) is 6.92 Å². The van der Waals surface area contributed by atoms with E-state index >= 15 is 0 Å². The minimum absolute atomic E-state index is 0.00144. The van der Waals surface area contributed by atoms with Crippen LogP contribution in [-0.2, 0) is 14.3 Å². The molecule has 86 valence electrons. The molecule has 17 heavy (non-hydrogen) atoms. The van der Waals surface area contributed by atoms with E-state index < -0.39 is 17.9 Å². The number of ether oxygens (including phenoxy) is 2. The third-order valence-corrected chi connectivity index (χ3v) is 2.36. The molecule has 0 amide bonds. The normalized spacial score (nSPS) is 13.0. The van der Waals surface area contributed by atoms with Crippen molar-refractivity contribution in [3.63, 3.8) is 0 Å². The molecular formula is C11H6O6. The van der Waals surface area contributed by atoms with Crippen molar-refractivity contribution in [2.24, 2.45) is 0 Å². The first kappa shape index (κ1) is 11.0. The molecule has 0 atom stereocenters. The molecule has 1 aromatic carbocycles. The first-order valence-electron chi connectivity index (χ1n) is 4.60. The summed E-state index contributed by atoms with van der Waals surface area (Å²) < 4.78 is 8.56. The maximum atomic E-state index is 11.4. The minimum Gasteiger partial charge on any atom is -0.392 e. The number of esters is 3. The largest absolute Gasteiger partial charge is 0.392 e. The number of rotatable bonds is 2. The summed E-state index contributed by atoms with van der Waals surface area (Å²) in [6.07, 6.45) is 0. The fourth-order valence-electron chi connectivity index (χ4n) is 1.57. The van der Waals surface area contributed by atoms with Gasteiger partial charge in [-0.05, 0) is 24.6 Å². The van der Waals surface area contributed by atoms with Crippen LogP contribution in [0.3, 0.4) is 0 Å². The molecule has 0 aromatic heterocycles. The molecule has 0 aliphatic carbocycles.